The molecule has 0 aromatic heterocycles. The Labute approximate surface area is 60.5 Å². The Morgan fingerprint density at radius 3 is 2.45 bits per heavy atom. The maximum atomic E-state index is 11.4. The molecule has 0 aromatic rings. The molecule has 7 heteroatoms. The Bertz CT molecular complexity index is 136. The third-order valence-corrected chi connectivity index (χ3v) is 0.711. The van der Waals surface area contributed by atoms with Crippen molar-refractivity contribution < 1.29 is 22.7 Å². The van der Waals surface area contributed by atoms with E-state index in [2.05, 4.69) is 4.74 Å². The maximum Gasteiger partial charge on any atom is 0.490 e. The van der Waals surface area contributed by atoms with E-state index in [1.165, 1.54) is 0 Å². The normalized spacial score (nSPS) is 11.3. The van der Waals surface area contributed by atoms with Crippen LogP contribution in [0.4, 0.5) is 13.2 Å². The molecule has 66 valence electrons. The van der Waals surface area contributed by atoms with Crippen molar-refractivity contribution in [3.8, 4) is 0 Å². The van der Waals surface area contributed by atoms with Crippen LogP contribution in [0.3, 0.4) is 0 Å². The fourth-order valence-corrected chi connectivity index (χ4v) is 0.284. The van der Waals surface area contributed by atoms with E-state index in [9.17, 15) is 18.0 Å². The van der Waals surface area contributed by atoms with Gasteiger partial charge in [-0.05, 0) is 0 Å². The lowest BCUT2D eigenvalue weighted by Crippen LogP contribution is -2.31. The molecule has 0 aromatic carbocycles. The molecule has 11 heavy (non-hydrogen) atoms. The van der Waals surface area contributed by atoms with Crippen LogP contribution in [-0.2, 0) is 9.53 Å². The van der Waals surface area contributed by atoms with Gasteiger partial charge in [-0.2, -0.15) is 13.2 Å². The van der Waals surface area contributed by atoms with E-state index in [0.717, 1.165) is 0 Å². The largest absolute Gasteiger partial charge is 0.490 e. The van der Waals surface area contributed by atoms with Gasteiger partial charge in [0.2, 0.25) is 0 Å². The molecule has 0 amide bonds. The van der Waals surface area contributed by atoms with Crippen molar-refractivity contribution in [2.24, 2.45) is 5.84 Å². The highest BCUT2D eigenvalue weighted by Gasteiger charge is 2.40. The standard InChI is InChI=1S/C4H7F3N2O2/c5-4(6,7)3(10)11-2-1-9-8/h9H,1-2,8H2. The van der Waals surface area contributed by atoms with E-state index in [4.69, 9.17) is 5.84 Å². The van der Waals surface area contributed by atoms with Crippen molar-refractivity contribution in [1.29, 1.82) is 0 Å². The monoisotopic (exact) mass is 172 g/mol. The van der Waals surface area contributed by atoms with Crippen LogP contribution in [0.25, 0.3) is 0 Å². The summed E-state index contributed by atoms with van der Waals surface area (Å²) in [5.41, 5.74) is 2.03. The predicted molar refractivity (Wildman–Crippen MR) is 29.2 cm³/mol. The Hall–Kier alpha value is -0.820. The Balaban J connectivity index is 3.54. The summed E-state index contributed by atoms with van der Waals surface area (Å²) in [5, 5.41) is 0. The first-order chi connectivity index (χ1) is 4.98. The van der Waals surface area contributed by atoms with Gasteiger partial charge in [0, 0.05) is 6.54 Å². The average Bonchev–Trinajstić information content (AvgIpc) is 1.86. The number of ether oxygens (including phenoxy) is 1. The van der Waals surface area contributed by atoms with Crippen LogP contribution in [0.15, 0.2) is 0 Å². The number of carbonyl (C=O) groups excluding carboxylic acids is 1. The van der Waals surface area contributed by atoms with Gasteiger partial charge in [-0.1, -0.05) is 0 Å². The van der Waals surface area contributed by atoms with Crippen LogP contribution < -0.4 is 11.3 Å². The number of rotatable bonds is 3. The zero-order chi connectivity index (χ0) is 8.91. The molecule has 0 atom stereocenters. The van der Waals surface area contributed by atoms with Crippen molar-refractivity contribution in [3.63, 3.8) is 0 Å². The smallest absolute Gasteiger partial charge is 0.458 e. The van der Waals surface area contributed by atoms with Gasteiger partial charge >= 0.3 is 12.1 Å². The van der Waals surface area contributed by atoms with Gasteiger partial charge in [0.15, 0.2) is 0 Å². The summed E-state index contributed by atoms with van der Waals surface area (Å²) in [4.78, 5) is 9.92. The number of nitrogens with one attached hydrogen (secondary N) is 1. The quantitative estimate of drug-likeness (QED) is 0.262. The minimum absolute atomic E-state index is 0.0121. The molecule has 0 bridgehead atoms. The van der Waals surface area contributed by atoms with E-state index >= 15 is 0 Å². The lowest BCUT2D eigenvalue weighted by atomic mass is 10.6. The number of hydrogen-bond acceptors (Lipinski definition) is 4. The van der Waals surface area contributed by atoms with E-state index < -0.39 is 18.8 Å². The molecular formula is C4H7F3N2O2. The molecule has 0 aliphatic heterocycles. The summed E-state index contributed by atoms with van der Waals surface area (Å²) in [6.45, 7) is -0.406. The zero-order valence-electron chi connectivity index (χ0n) is 5.44. The molecule has 0 spiro atoms. The second-order valence-electron chi connectivity index (χ2n) is 1.59. The molecule has 4 nitrogen and oxygen atoms in total. The number of alkyl halides is 3. The average molecular weight is 172 g/mol. The van der Waals surface area contributed by atoms with Gasteiger partial charge in [0.05, 0.1) is 0 Å². The van der Waals surface area contributed by atoms with Crippen LogP contribution in [0.5, 0.6) is 0 Å². The minimum Gasteiger partial charge on any atom is -0.458 e. The van der Waals surface area contributed by atoms with Crippen LogP contribution >= 0.6 is 0 Å². The minimum atomic E-state index is -4.92. The van der Waals surface area contributed by atoms with Crippen LogP contribution in [0, 0.1) is 0 Å². The van der Waals surface area contributed by atoms with Crippen LogP contribution in [-0.4, -0.2) is 25.3 Å². The third kappa shape index (κ3) is 4.57. The van der Waals surface area contributed by atoms with Crippen molar-refractivity contribution in [3.05, 3.63) is 0 Å². The highest BCUT2D eigenvalue weighted by atomic mass is 19.4. The molecule has 0 saturated carbocycles. The molecule has 0 aliphatic rings. The van der Waals surface area contributed by atoms with Gasteiger partial charge in [-0.3, -0.25) is 11.3 Å². The highest BCUT2D eigenvalue weighted by Crippen LogP contribution is 2.15. The lowest BCUT2D eigenvalue weighted by Gasteiger charge is -2.05. The molecular weight excluding hydrogens is 165 g/mol. The van der Waals surface area contributed by atoms with Crippen LogP contribution in [0.2, 0.25) is 0 Å². The van der Waals surface area contributed by atoms with Gasteiger partial charge in [0.25, 0.3) is 0 Å². The van der Waals surface area contributed by atoms with Gasteiger partial charge in [-0.15, -0.1) is 0 Å². The van der Waals surface area contributed by atoms with Crippen molar-refractivity contribution in [2.75, 3.05) is 13.2 Å². The second-order valence-corrected chi connectivity index (χ2v) is 1.59. The molecule has 0 saturated heterocycles. The number of esters is 1. The summed E-state index contributed by atoms with van der Waals surface area (Å²) in [7, 11) is 0. The van der Waals surface area contributed by atoms with E-state index in [0.29, 0.717) is 0 Å². The van der Waals surface area contributed by atoms with Gasteiger partial charge in [-0.25, -0.2) is 4.79 Å². The number of nitrogens with two attached hydrogens (primary N) is 1. The SMILES string of the molecule is NNCCOC(=O)C(F)(F)F. The summed E-state index contributed by atoms with van der Waals surface area (Å²) in [5.74, 6) is 2.50. The van der Waals surface area contributed by atoms with Crippen molar-refractivity contribution >= 4 is 5.97 Å². The Kier molecular flexibility index (Phi) is 3.83. The van der Waals surface area contributed by atoms with E-state index in [-0.39, 0.29) is 6.54 Å². The molecule has 0 unspecified atom stereocenters. The maximum absolute atomic E-state index is 11.4. The van der Waals surface area contributed by atoms with E-state index in [1.807, 2.05) is 5.43 Å². The molecule has 0 aliphatic carbocycles. The number of carbonyl (C=O) groups is 1. The predicted octanol–water partition coefficient (Wildman–Crippen LogP) is -0.445. The zero-order valence-corrected chi connectivity index (χ0v) is 5.44. The molecule has 0 rings (SSSR count). The molecule has 0 heterocycles. The summed E-state index contributed by atoms with van der Waals surface area (Å²) in [6.07, 6.45) is -4.92. The topological polar surface area (TPSA) is 64.3 Å². The summed E-state index contributed by atoms with van der Waals surface area (Å²) < 4.78 is 37.8. The first-order valence-corrected chi connectivity index (χ1v) is 2.66. The number of hydrazine groups is 1. The summed E-state index contributed by atoms with van der Waals surface area (Å²) in [6, 6.07) is 0. The molecule has 3 N–H and O–H groups in total. The fraction of sp³-hybridized carbons (Fsp3) is 0.750. The third-order valence-electron chi connectivity index (χ3n) is 0.711. The number of halogens is 3. The molecule has 0 radical (unpaired) electrons. The van der Waals surface area contributed by atoms with E-state index in [1.54, 1.807) is 0 Å². The summed E-state index contributed by atoms with van der Waals surface area (Å²) >= 11 is 0. The van der Waals surface area contributed by atoms with Gasteiger partial charge in [0.1, 0.15) is 6.61 Å². The van der Waals surface area contributed by atoms with Crippen molar-refractivity contribution in [2.45, 2.75) is 6.18 Å². The van der Waals surface area contributed by atoms with Gasteiger partial charge < -0.3 is 4.74 Å². The van der Waals surface area contributed by atoms with Crippen LogP contribution in [0.1, 0.15) is 0 Å². The molecule has 0 fully saturated rings. The fourth-order valence-electron chi connectivity index (χ4n) is 0.284. The second kappa shape index (κ2) is 4.14. The highest BCUT2D eigenvalue weighted by molar-refractivity contribution is 5.75. The number of hydrogen-bond donors (Lipinski definition) is 2. The Morgan fingerprint density at radius 2 is 2.09 bits per heavy atom. The first kappa shape index (κ1) is 10.2. The first-order valence-electron chi connectivity index (χ1n) is 2.66. The Morgan fingerprint density at radius 1 is 1.55 bits per heavy atom. The van der Waals surface area contributed by atoms with Crippen molar-refractivity contribution in [1.82, 2.24) is 5.43 Å². The lowest BCUT2D eigenvalue weighted by molar-refractivity contribution is -0.199.